The van der Waals surface area contributed by atoms with E-state index in [0.717, 1.165) is 5.56 Å². The maximum Gasteiger partial charge on any atom is 0.262 e. The lowest BCUT2D eigenvalue weighted by molar-refractivity contribution is 0.153. The van der Waals surface area contributed by atoms with Gasteiger partial charge in [0.25, 0.3) is 10.0 Å². The lowest BCUT2D eigenvalue weighted by Gasteiger charge is -2.03. The summed E-state index contributed by atoms with van der Waals surface area (Å²) in [4.78, 5) is 6.48. The van der Waals surface area contributed by atoms with Crippen molar-refractivity contribution in [2.24, 2.45) is 0 Å². The Hall–Kier alpha value is -0.910. The summed E-state index contributed by atoms with van der Waals surface area (Å²) in [6, 6.07) is 6.50. The zero-order valence-corrected chi connectivity index (χ0v) is 8.26. The Balaban J connectivity index is 3.02. The van der Waals surface area contributed by atoms with Crippen molar-refractivity contribution in [2.75, 3.05) is 7.11 Å². The molecule has 5 heteroatoms. The predicted octanol–water partition coefficient (Wildman–Crippen LogP) is 0.835. The zero-order chi connectivity index (χ0) is 9.90. The van der Waals surface area contributed by atoms with Gasteiger partial charge in [-0.25, -0.2) is 8.42 Å². The monoisotopic (exact) mass is 201 g/mol. The van der Waals surface area contributed by atoms with Crippen LogP contribution in [0.5, 0.6) is 0 Å². The van der Waals surface area contributed by atoms with Crippen molar-refractivity contribution < 1.29 is 13.3 Å². The lowest BCUT2D eigenvalue weighted by atomic mass is 10.2. The van der Waals surface area contributed by atoms with Crippen LogP contribution in [0.25, 0.3) is 0 Å². The van der Waals surface area contributed by atoms with E-state index in [1.165, 1.54) is 19.2 Å². The van der Waals surface area contributed by atoms with Crippen molar-refractivity contribution >= 4 is 10.0 Å². The van der Waals surface area contributed by atoms with Gasteiger partial charge in [0, 0.05) is 0 Å². The molecule has 0 heterocycles. The van der Waals surface area contributed by atoms with Crippen LogP contribution >= 0.6 is 0 Å². The van der Waals surface area contributed by atoms with Gasteiger partial charge in [-0.15, -0.1) is 0 Å². The fraction of sp³-hybridized carbons (Fsp3) is 0.250. The van der Waals surface area contributed by atoms with E-state index in [0.29, 0.717) is 0 Å². The number of sulfonamides is 1. The third-order valence-electron chi connectivity index (χ3n) is 1.52. The van der Waals surface area contributed by atoms with Gasteiger partial charge in [-0.2, -0.15) is 0 Å². The SMILES string of the molecule is CONS(=O)(=O)c1ccc(C)cc1. The Bertz CT molecular complexity index is 369. The standard InChI is InChI=1S/C8H11NO3S/c1-7-3-5-8(6-4-7)13(10,11)9-12-2/h3-6,9H,1-2H3. The van der Waals surface area contributed by atoms with Crippen LogP contribution in [0.4, 0.5) is 0 Å². The normalized spacial score (nSPS) is 11.5. The van der Waals surface area contributed by atoms with Gasteiger partial charge in [-0.3, -0.25) is 4.84 Å². The summed E-state index contributed by atoms with van der Waals surface area (Å²) in [5.74, 6) is 0. The second-order valence-electron chi connectivity index (χ2n) is 2.60. The number of benzene rings is 1. The Morgan fingerprint density at radius 2 is 1.77 bits per heavy atom. The molecule has 0 aliphatic rings. The summed E-state index contributed by atoms with van der Waals surface area (Å²) in [6.07, 6.45) is 0. The minimum absolute atomic E-state index is 0.194. The second kappa shape index (κ2) is 3.87. The minimum atomic E-state index is -3.50. The van der Waals surface area contributed by atoms with Gasteiger partial charge >= 0.3 is 0 Å². The van der Waals surface area contributed by atoms with E-state index in [4.69, 9.17) is 0 Å². The summed E-state index contributed by atoms with van der Waals surface area (Å²) in [6.45, 7) is 1.89. The smallest absolute Gasteiger partial charge is 0.262 e. The quantitative estimate of drug-likeness (QED) is 0.737. The molecule has 4 nitrogen and oxygen atoms in total. The Labute approximate surface area is 77.5 Å². The highest BCUT2D eigenvalue weighted by Gasteiger charge is 2.11. The van der Waals surface area contributed by atoms with Crippen molar-refractivity contribution in [2.45, 2.75) is 11.8 Å². The number of aryl methyl sites for hydroxylation is 1. The molecule has 13 heavy (non-hydrogen) atoms. The average Bonchev–Trinajstić information content (AvgIpc) is 2.05. The van der Waals surface area contributed by atoms with Gasteiger partial charge in [0.2, 0.25) is 0 Å². The molecule has 1 aromatic carbocycles. The van der Waals surface area contributed by atoms with E-state index < -0.39 is 10.0 Å². The number of hydrogen-bond acceptors (Lipinski definition) is 3. The van der Waals surface area contributed by atoms with E-state index in [1.54, 1.807) is 12.1 Å². The van der Waals surface area contributed by atoms with Gasteiger partial charge in [0.05, 0.1) is 12.0 Å². The predicted molar refractivity (Wildman–Crippen MR) is 48.5 cm³/mol. The summed E-state index contributed by atoms with van der Waals surface area (Å²) >= 11 is 0. The minimum Gasteiger partial charge on any atom is -0.290 e. The van der Waals surface area contributed by atoms with Gasteiger partial charge < -0.3 is 0 Å². The van der Waals surface area contributed by atoms with Crippen LogP contribution in [0.3, 0.4) is 0 Å². The largest absolute Gasteiger partial charge is 0.290 e. The molecule has 1 aromatic rings. The van der Waals surface area contributed by atoms with E-state index in [1.807, 2.05) is 11.8 Å². The molecule has 1 rings (SSSR count). The van der Waals surface area contributed by atoms with Gasteiger partial charge in [-0.05, 0) is 19.1 Å². The van der Waals surface area contributed by atoms with Crippen LogP contribution in [0.2, 0.25) is 0 Å². The van der Waals surface area contributed by atoms with Crippen molar-refractivity contribution in [3.63, 3.8) is 0 Å². The fourth-order valence-electron chi connectivity index (χ4n) is 0.875. The first-order valence-corrected chi connectivity index (χ1v) is 5.16. The topological polar surface area (TPSA) is 55.4 Å². The summed E-state index contributed by atoms with van der Waals surface area (Å²) in [5.41, 5.74) is 1.01. The van der Waals surface area contributed by atoms with Crippen LogP contribution in [-0.2, 0) is 14.9 Å². The highest BCUT2D eigenvalue weighted by Crippen LogP contribution is 2.09. The Kier molecular flexibility index (Phi) is 3.02. The third-order valence-corrected chi connectivity index (χ3v) is 2.80. The second-order valence-corrected chi connectivity index (χ2v) is 4.25. The van der Waals surface area contributed by atoms with E-state index in [9.17, 15) is 8.42 Å². The molecule has 1 N–H and O–H groups in total. The molecule has 0 aliphatic heterocycles. The molecule has 0 amide bonds. The van der Waals surface area contributed by atoms with Crippen molar-refractivity contribution in [1.82, 2.24) is 4.89 Å². The molecule has 0 radical (unpaired) electrons. The number of rotatable bonds is 3. The molecule has 0 unspecified atom stereocenters. The first kappa shape index (κ1) is 10.2. The zero-order valence-electron chi connectivity index (χ0n) is 7.44. The highest BCUT2D eigenvalue weighted by molar-refractivity contribution is 7.89. The van der Waals surface area contributed by atoms with Crippen molar-refractivity contribution in [3.05, 3.63) is 29.8 Å². The lowest BCUT2D eigenvalue weighted by Crippen LogP contribution is -2.22. The van der Waals surface area contributed by atoms with Crippen molar-refractivity contribution in [3.8, 4) is 0 Å². The highest BCUT2D eigenvalue weighted by atomic mass is 32.2. The molecule has 0 saturated heterocycles. The van der Waals surface area contributed by atoms with Gasteiger partial charge in [-0.1, -0.05) is 22.6 Å². The molecule has 0 saturated carbocycles. The molecule has 0 spiro atoms. The molecule has 0 aromatic heterocycles. The van der Waals surface area contributed by atoms with Crippen LogP contribution in [-0.4, -0.2) is 15.5 Å². The molecule has 0 fully saturated rings. The maximum absolute atomic E-state index is 11.3. The van der Waals surface area contributed by atoms with Gasteiger partial charge in [0.1, 0.15) is 0 Å². The molecule has 72 valence electrons. The Morgan fingerprint density at radius 1 is 1.23 bits per heavy atom. The molecular formula is C8H11NO3S. The number of nitrogens with one attached hydrogen (secondary N) is 1. The van der Waals surface area contributed by atoms with E-state index in [-0.39, 0.29) is 4.90 Å². The number of hydrogen-bond donors (Lipinski definition) is 1. The first-order valence-electron chi connectivity index (χ1n) is 3.68. The Morgan fingerprint density at radius 3 is 2.23 bits per heavy atom. The van der Waals surface area contributed by atoms with Gasteiger partial charge in [0.15, 0.2) is 0 Å². The maximum atomic E-state index is 11.3. The van der Waals surface area contributed by atoms with Crippen LogP contribution in [0, 0.1) is 6.92 Å². The first-order chi connectivity index (χ1) is 6.06. The third kappa shape index (κ3) is 2.51. The molecule has 0 atom stereocenters. The van der Waals surface area contributed by atoms with Crippen LogP contribution < -0.4 is 4.89 Å². The summed E-state index contributed by atoms with van der Waals surface area (Å²) < 4.78 is 22.6. The summed E-state index contributed by atoms with van der Waals surface area (Å²) in [5, 5.41) is 0. The van der Waals surface area contributed by atoms with Crippen molar-refractivity contribution in [1.29, 1.82) is 0 Å². The molecule has 0 aliphatic carbocycles. The molecule has 0 bridgehead atoms. The molecular weight excluding hydrogens is 190 g/mol. The van der Waals surface area contributed by atoms with Crippen LogP contribution in [0.1, 0.15) is 5.56 Å². The fourth-order valence-corrected chi connectivity index (χ4v) is 1.69. The van der Waals surface area contributed by atoms with Crippen LogP contribution in [0.15, 0.2) is 29.2 Å². The van der Waals surface area contributed by atoms with E-state index in [2.05, 4.69) is 4.84 Å². The summed E-state index contributed by atoms with van der Waals surface area (Å²) in [7, 11) is -2.24. The van der Waals surface area contributed by atoms with E-state index >= 15 is 0 Å². The average molecular weight is 201 g/mol.